The fourth-order valence-corrected chi connectivity index (χ4v) is 12.3. The number of ether oxygens (including phenoxy) is 1. The van der Waals surface area contributed by atoms with Crippen LogP contribution in [0.1, 0.15) is 107 Å². The molecule has 7 aliphatic rings. The molecule has 2 N–H and O–H groups in total. The van der Waals surface area contributed by atoms with Crippen LogP contribution < -0.4 is 15.0 Å². The Labute approximate surface area is 340 Å². The summed E-state index contributed by atoms with van der Waals surface area (Å²) >= 11 is 0. The Kier molecular flexibility index (Phi) is 8.51. The zero-order chi connectivity index (χ0) is 39.2. The third-order valence-electron chi connectivity index (χ3n) is 15.4. The molecule has 4 aromatic carbocycles. The number of imide groups is 1. The molecule has 1 saturated carbocycles. The average molecular weight is 777 g/mol. The summed E-state index contributed by atoms with van der Waals surface area (Å²) in [7, 11) is 0. The fourth-order valence-electron chi connectivity index (χ4n) is 12.3. The second-order valence-corrected chi connectivity index (χ2v) is 18.7. The SMILES string of the molecule is O=C1CCC(N2Cc3c(ccc4c3OCC43CCN(CC4CCC5(C4)CN(c4ccc([C@@H]6c7ccc(O)cc7CC[C@@H]6c6ccccc6)cc4)C5)CC3)C2=O)C(=O)N1. The molecule has 0 aromatic heterocycles. The van der Waals surface area contributed by atoms with E-state index >= 15 is 0 Å². The maximum Gasteiger partial charge on any atom is 0.255 e. The fraction of sp³-hybridized carbons (Fsp3) is 0.449. The molecule has 4 fully saturated rings. The van der Waals surface area contributed by atoms with Gasteiger partial charge in [0.15, 0.2) is 0 Å². The number of aryl methyl sites for hydroxylation is 1. The van der Waals surface area contributed by atoms with Crippen molar-refractivity contribution in [2.45, 2.75) is 87.6 Å². The van der Waals surface area contributed by atoms with Crippen molar-refractivity contribution in [3.05, 3.63) is 124 Å². The molecule has 4 aromatic rings. The number of likely N-dealkylation sites (tertiary alicyclic amines) is 1. The Morgan fingerprint density at radius 2 is 1.64 bits per heavy atom. The van der Waals surface area contributed by atoms with Gasteiger partial charge in [0.05, 0.1) is 13.2 Å². The average Bonchev–Trinajstić information content (AvgIpc) is 3.92. The number of fused-ring (bicyclic) bond motifs is 5. The molecular formula is C49H52N4O5. The second kappa shape index (κ2) is 13.7. The second-order valence-electron chi connectivity index (χ2n) is 18.7. The van der Waals surface area contributed by atoms with Crippen molar-refractivity contribution >= 4 is 23.4 Å². The summed E-state index contributed by atoms with van der Waals surface area (Å²) in [6, 6.07) is 29.8. The summed E-state index contributed by atoms with van der Waals surface area (Å²) in [5.74, 6) is 1.83. The molecule has 298 valence electrons. The summed E-state index contributed by atoms with van der Waals surface area (Å²) in [6.45, 7) is 6.58. The quantitative estimate of drug-likeness (QED) is 0.203. The third kappa shape index (κ3) is 5.94. The number of hydrogen-bond acceptors (Lipinski definition) is 7. The van der Waals surface area contributed by atoms with E-state index in [9.17, 15) is 19.5 Å². The third-order valence-corrected chi connectivity index (χ3v) is 15.4. The number of carbonyl (C=O) groups excluding carboxylic acids is 3. The molecule has 9 nitrogen and oxygen atoms in total. The summed E-state index contributed by atoms with van der Waals surface area (Å²) in [5, 5.41) is 12.7. The van der Waals surface area contributed by atoms with E-state index in [0.29, 0.717) is 42.2 Å². The highest BCUT2D eigenvalue weighted by Crippen LogP contribution is 2.53. The lowest BCUT2D eigenvalue weighted by atomic mass is 9.69. The molecule has 4 atom stereocenters. The van der Waals surface area contributed by atoms with E-state index in [4.69, 9.17) is 4.74 Å². The van der Waals surface area contributed by atoms with Gasteiger partial charge in [0.1, 0.15) is 17.5 Å². The van der Waals surface area contributed by atoms with Gasteiger partial charge in [-0.3, -0.25) is 19.7 Å². The van der Waals surface area contributed by atoms with Crippen molar-refractivity contribution in [3.8, 4) is 11.5 Å². The molecule has 2 spiro atoms. The van der Waals surface area contributed by atoms with Gasteiger partial charge in [-0.2, -0.15) is 0 Å². The van der Waals surface area contributed by atoms with Crippen LogP contribution in [0.25, 0.3) is 0 Å². The van der Waals surface area contributed by atoms with Gasteiger partial charge in [0.25, 0.3) is 5.91 Å². The van der Waals surface area contributed by atoms with Gasteiger partial charge in [-0.1, -0.05) is 54.6 Å². The van der Waals surface area contributed by atoms with E-state index in [-0.39, 0.29) is 35.5 Å². The summed E-state index contributed by atoms with van der Waals surface area (Å²) < 4.78 is 6.44. The van der Waals surface area contributed by atoms with E-state index in [2.05, 4.69) is 81.8 Å². The Morgan fingerprint density at radius 3 is 2.43 bits per heavy atom. The number of carbonyl (C=O) groups is 3. The number of phenolic OH excluding ortho intramolecular Hbond substituents is 1. The molecule has 9 heteroatoms. The van der Waals surface area contributed by atoms with Gasteiger partial charge >= 0.3 is 0 Å². The molecule has 2 unspecified atom stereocenters. The normalized spacial score (nSPS) is 26.9. The number of nitrogens with zero attached hydrogens (tertiary/aromatic N) is 3. The van der Waals surface area contributed by atoms with Gasteiger partial charge in [0.2, 0.25) is 11.8 Å². The first-order chi connectivity index (χ1) is 28.2. The molecule has 58 heavy (non-hydrogen) atoms. The smallest absolute Gasteiger partial charge is 0.255 e. The molecule has 5 aliphatic heterocycles. The lowest BCUT2D eigenvalue weighted by Gasteiger charge is -2.50. The van der Waals surface area contributed by atoms with Crippen LogP contribution in [0.3, 0.4) is 0 Å². The topological polar surface area (TPSA) is 102 Å². The van der Waals surface area contributed by atoms with E-state index < -0.39 is 6.04 Å². The van der Waals surface area contributed by atoms with Crippen LogP contribution in [0.5, 0.6) is 11.5 Å². The molecule has 0 bridgehead atoms. The number of anilines is 1. The molecule has 11 rings (SSSR count). The molecular weight excluding hydrogens is 725 g/mol. The van der Waals surface area contributed by atoms with Gasteiger partial charge in [-0.25, -0.2) is 0 Å². The Balaban J connectivity index is 0.705. The lowest BCUT2D eigenvalue weighted by Crippen LogP contribution is -2.55. The van der Waals surface area contributed by atoms with Crippen LogP contribution in [-0.4, -0.2) is 78.0 Å². The van der Waals surface area contributed by atoms with Crippen LogP contribution in [0.2, 0.25) is 0 Å². The Morgan fingerprint density at radius 1 is 0.828 bits per heavy atom. The van der Waals surface area contributed by atoms with Crippen LogP contribution in [0.4, 0.5) is 5.69 Å². The number of aromatic hydroxyl groups is 1. The first-order valence-electron chi connectivity index (χ1n) is 21.6. The first kappa shape index (κ1) is 36.0. The number of nitrogens with one attached hydrogen (secondary N) is 1. The Hall–Kier alpha value is -5.15. The predicted molar refractivity (Wildman–Crippen MR) is 221 cm³/mol. The largest absolute Gasteiger partial charge is 0.508 e. The number of hydrogen-bond donors (Lipinski definition) is 2. The van der Waals surface area contributed by atoms with Crippen molar-refractivity contribution in [1.29, 1.82) is 0 Å². The molecule has 2 aliphatic carbocycles. The monoisotopic (exact) mass is 776 g/mol. The number of piperidine rings is 2. The summed E-state index contributed by atoms with van der Waals surface area (Å²) in [6.07, 6.45) is 8.70. The lowest BCUT2D eigenvalue weighted by molar-refractivity contribution is -0.136. The molecule has 3 amide bonds. The van der Waals surface area contributed by atoms with Gasteiger partial charge in [-0.15, -0.1) is 0 Å². The number of rotatable bonds is 6. The zero-order valence-corrected chi connectivity index (χ0v) is 33.1. The van der Waals surface area contributed by atoms with Crippen LogP contribution in [0, 0.1) is 11.3 Å². The van der Waals surface area contributed by atoms with Crippen molar-refractivity contribution in [2.75, 3.05) is 44.2 Å². The number of benzene rings is 4. The minimum Gasteiger partial charge on any atom is -0.508 e. The maximum atomic E-state index is 13.4. The van der Waals surface area contributed by atoms with E-state index in [0.717, 1.165) is 69.1 Å². The summed E-state index contributed by atoms with van der Waals surface area (Å²) in [4.78, 5) is 44.7. The standard InChI is InChI=1S/C49H52N4O5/c54-36-11-13-38-34(24-36)8-12-37(32-4-2-1-3-5-32)44(38)33-6-9-35(10-7-33)52-28-48(29-52)19-18-31(25-48)26-51-22-20-49(21-23-51)30-58-45-40-27-53(42-16-17-43(55)50-46(42)56)47(57)39(40)14-15-41(45)49/h1-7,9-11,13-15,24,31,37,42,44,54H,8,12,16-23,25-30H2,(H,50,55,56)/t31?,37-,42?,44+/m1/s1. The van der Waals surface area contributed by atoms with Crippen molar-refractivity contribution in [1.82, 2.24) is 15.1 Å². The molecule has 5 heterocycles. The molecule has 3 saturated heterocycles. The van der Waals surface area contributed by atoms with Crippen molar-refractivity contribution in [2.24, 2.45) is 11.3 Å². The highest BCUT2D eigenvalue weighted by atomic mass is 16.5. The maximum absolute atomic E-state index is 13.4. The van der Waals surface area contributed by atoms with Crippen molar-refractivity contribution in [3.63, 3.8) is 0 Å². The minimum absolute atomic E-state index is 0.0291. The van der Waals surface area contributed by atoms with Crippen LogP contribution in [0.15, 0.2) is 84.9 Å². The van der Waals surface area contributed by atoms with Gasteiger partial charge in [-0.05, 0) is 129 Å². The van der Waals surface area contributed by atoms with Gasteiger partial charge < -0.3 is 24.5 Å². The van der Waals surface area contributed by atoms with Crippen LogP contribution in [-0.2, 0) is 28.0 Å². The number of amides is 3. The summed E-state index contributed by atoms with van der Waals surface area (Å²) in [5.41, 5.74) is 9.85. The Bertz CT molecular complexity index is 2290. The minimum atomic E-state index is -0.617. The van der Waals surface area contributed by atoms with Crippen LogP contribution >= 0.6 is 0 Å². The predicted octanol–water partition coefficient (Wildman–Crippen LogP) is 7.05. The molecule has 0 radical (unpaired) electrons. The highest BCUT2D eigenvalue weighted by Gasteiger charge is 2.50. The van der Waals surface area contributed by atoms with Gasteiger partial charge in [0, 0.05) is 65.2 Å². The van der Waals surface area contributed by atoms with Crippen molar-refractivity contribution < 1.29 is 24.2 Å². The zero-order valence-electron chi connectivity index (χ0n) is 33.1. The highest BCUT2D eigenvalue weighted by molar-refractivity contribution is 6.05. The number of phenols is 1. The van der Waals surface area contributed by atoms with E-state index in [1.54, 1.807) is 4.90 Å². The van der Waals surface area contributed by atoms with E-state index in [1.807, 2.05) is 18.2 Å². The van der Waals surface area contributed by atoms with E-state index in [1.165, 1.54) is 59.3 Å². The first-order valence-corrected chi connectivity index (χ1v) is 21.6.